The van der Waals surface area contributed by atoms with E-state index in [1.54, 1.807) is 13.3 Å². The van der Waals surface area contributed by atoms with Gasteiger partial charge in [-0.05, 0) is 30.3 Å². The number of rotatable bonds is 2. The van der Waals surface area contributed by atoms with Crippen molar-refractivity contribution in [3.8, 4) is 11.4 Å². The molecule has 1 heterocycles. The third-order valence-corrected chi connectivity index (χ3v) is 2.98. The molecule has 0 saturated heterocycles. The maximum atomic E-state index is 12.0. The second kappa shape index (κ2) is 4.57. The van der Waals surface area contributed by atoms with Gasteiger partial charge in [-0.3, -0.25) is 4.57 Å². The average molecular weight is 252 g/mol. The summed E-state index contributed by atoms with van der Waals surface area (Å²) in [5.41, 5.74) is 1.19. The van der Waals surface area contributed by atoms with Crippen LogP contribution in [0, 0.1) is 0 Å². The van der Waals surface area contributed by atoms with E-state index in [9.17, 15) is 4.79 Å². The van der Waals surface area contributed by atoms with Gasteiger partial charge in [0.05, 0.1) is 18.3 Å². The molecule has 0 unspecified atom stereocenters. The fraction of sp³-hybridized carbons (Fsp3) is 0.0667. The minimum Gasteiger partial charge on any atom is -0.497 e. The smallest absolute Gasteiger partial charge is 0.352 e. The molecule has 1 aromatic heterocycles. The Balaban J connectivity index is 2.18. The van der Waals surface area contributed by atoms with E-state index in [0.717, 1.165) is 16.8 Å². The zero-order valence-electron chi connectivity index (χ0n) is 10.4. The van der Waals surface area contributed by atoms with Crippen LogP contribution in [0.25, 0.3) is 16.6 Å². The minimum atomic E-state index is -0.288. The standard InChI is InChI=1S/C15H12N2O2/c1-19-13-8-6-12(7-9-13)17-10-11-4-2-3-5-14(11)16-15(17)18/h2-10H,1H3. The molecule has 2 aromatic carbocycles. The van der Waals surface area contributed by atoms with Crippen molar-refractivity contribution in [2.45, 2.75) is 0 Å². The first kappa shape index (κ1) is 11.5. The lowest BCUT2D eigenvalue weighted by Crippen LogP contribution is -2.20. The van der Waals surface area contributed by atoms with E-state index in [2.05, 4.69) is 4.98 Å². The second-order valence-electron chi connectivity index (χ2n) is 4.15. The first-order valence-electron chi connectivity index (χ1n) is 5.91. The Labute approximate surface area is 109 Å². The Hall–Kier alpha value is -2.62. The number of hydrogen-bond donors (Lipinski definition) is 0. The molecule has 0 aliphatic carbocycles. The highest BCUT2D eigenvalue weighted by atomic mass is 16.5. The van der Waals surface area contributed by atoms with Crippen molar-refractivity contribution in [2.24, 2.45) is 0 Å². The molecule has 0 bridgehead atoms. The van der Waals surface area contributed by atoms with Gasteiger partial charge in [0.25, 0.3) is 0 Å². The van der Waals surface area contributed by atoms with Gasteiger partial charge in [-0.1, -0.05) is 18.2 Å². The number of para-hydroxylation sites is 1. The lowest BCUT2D eigenvalue weighted by atomic mass is 10.2. The fourth-order valence-corrected chi connectivity index (χ4v) is 1.98. The predicted molar refractivity (Wildman–Crippen MR) is 73.9 cm³/mol. The van der Waals surface area contributed by atoms with Gasteiger partial charge in [-0.15, -0.1) is 0 Å². The van der Waals surface area contributed by atoms with Crippen LogP contribution in [0.5, 0.6) is 5.75 Å². The maximum Gasteiger partial charge on any atom is 0.352 e. The van der Waals surface area contributed by atoms with Gasteiger partial charge in [-0.25, -0.2) is 4.79 Å². The number of nitrogens with zero attached hydrogens (tertiary/aromatic N) is 2. The number of hydrogen-bond acceptors (Lipinski definition) is 3. The number of fused-ring (bicyclic) bond motifs is 1. The van der Waals surface area contributed by atoms with Crippen LogP contribution in [0.1, 0.15) is 0 Å². The largest absolute Gasteiger partial charge is 0.497 e. The van der Waals surface area contributed by atoms with Crippen LogP contribution in [0.2, 0.25) is 0 Å². The van der Waals surface area contributed by atoms with Gasteiger partial charge in [-0.2, -0.15) is 4.98 Å². The summed E-state index contributed by atoms with van der Waals surface area (Å²) in [6, 6.07) is 14.8. The Kier molecular flexibility index (Phi) is 2.76. The molecule has 0 N–H and O–H groups in total. The molecule has 0 amide bonds. The Morgan fingerprint density at radius 1 is 1.05 bits per heavy atom. The van der Waals surface area contributed by atoms with Crippen LogP contribution in [-0.4, -0.2) is 16.7 Å². The maximum absolute atomic E-state index is 12.0. The van der Waals surface area contributed by atoms with Gasteiger partial charge in [0.1, 0.15) is 5.75 Å². The number of ether oxygens (including phenoxy) is 1. The van der Waals surface area contributed by atoms with E-state index >= 15 is 0 Å². The first-order chi connectivity index (χ1) is 9.28. The van der Waals surface area contributed by atoms with Crippen molar-refractivity contribution in [3.05, 3.63) is 65.2 Å². The molecule has 0 spiro atoms. The second-order valence-corrected chi connectivity index (χ2v) is 4.15. The number of methoxy groups -OCH3 is 1. The molecule has 19 heavy (non-hydrogen) atoms. The molecule has 3 rings (SSSR count). The Morgan fingerprint density at radius 3 is 2.53 bits per heavy atom. The zero-order chi connectivity index (χ0) is 13.2. The molecule has 0 aliphatic rings. The summed E-state index contributed by atoms with van der Waals surface area (Å²) in [5.74, 6) is 0.755. The van der Waals surface area contributed by atoms with Crippen molar-refractivity contribution in [3.63, 3.8) is 0 Å². The molecule has 4 heteroatoms. The topological polar surface area (TPSA) is 44.1 Å². The van der Waals surface area contributed by atoms with Crippen molar-refractivity contribution in [2.75, 3.05) is 7.11 Å². The van der Waals surface area contributed by atoms with Crippen molar-refractivity contribution >= 4 is 10.9 Å². The van der Waals surface area contributed by atoms with Crippen molar-refractivity contribution < 1.29 is 4.74 Å². The molecule has 3 aromatic rings. The predicted octanol–water partition coefficient (Wildman–Crippen LogP) is 2.39. The highest BCUT2D eigenvalue weighted by Crippen LogP contribution is 2.15. The molecule has 0 aliphatic heterocycles. The van der Waals surface area contributed by atoms with Gasteiger partial charge < -0.3 is 4.74 Å². The third kappa shape index (κ3) is 2.08. The molecular weight excluding hydrogens is 240 g/mol. The average Bonchev–Trinajstić information content (AvgIpc) is 2.47. The van der Waals surface area contributed by atoms with E-state index in [1.165, 1.54) is 4.57 Å². The number of aromatic nitrogens is 2. The van der Waals surface area contributed by atoms with Gasteiger partial charge in [0, 0.05) is 11.6 Å². The van der Waals surface area contributed by atoms with Crippen LogP contribution in [-0.2, 0) is 0 Å². The summed E-state index contributed by atoms with van der Waals surface area (Å²) in [4.78, 5) is 16.1. The number of benzene rings is 2. The molecule has 0 fully saturated rings. The van der Waals surface area contributed by atoms with E-state index < -0.39 is 0 Å². The Morgan fingerprint density at radius 2 is 1.79 bits per heavy atom. The summed E-state index contributed by atoms with van der Waals surface area (Å²) in [6.07, 6.45) is 1.80. The molecule has 0 atom stereocenters. The molecule has 0 radical (unpaired) electrons. The lowest BCUT2D eigenvalue weighted by Gasteiger charge is -2.07. The fourth-order valence-electron chi connectivity index (χ4n) is 1.98. The summed E-state index contributed by atoms with van der Waals surface area (Å²) in [5, 5.41) is 0.929. The SMILES string of the molecule is COc1ccc(-n2cc3ccccc3nc2=O)cc1. The highest BCUT2D eigenvalue weighted by Gasteiger charge is 2.03. The minimum absolute atomic E-state index is 0.288. The molecule has 4 nitrogen and oxygen atoms in total. The molecule has 94 valence electrons. The quantitative estimate of drug-likeness (QED) is 0.703. The van der Waals surface area contributed by atoms with Gasteiger partial charge in [0.2, 0.25) is 0 Å². The van der Waals surface area contributed by atoms with Crippen LogP contribution < -0.4 is 10.4 Å². The van der Waals surface area contributed by atoms with Crippen molar-refractivity contribution in [1.29, 1.82) is 0 Å². The zero-order valence-corrected chi connectivity index (χ0v) is 10.4. The van der Waals surface area contributed by atoms with Gasteiger partial charge in [0.15, 0.2) is 0 Å². The first-order valence-corrected chi connectivity index (χ1v) is 5.91. The lowest BCUT2D eigenvalue weighted by molar-refractivity contribution is 0.414. The van der Waals surface area contributed by atoms with Crippen LogP contribution >= 0.6 is 0 Å². The summed E-state index contributed by atoms with van der Waals surface area (Å²) in [7, 11) is 1.61. The van der Waals surface area contributed by atoms with E-state index in [4.69, 9.17) is 4.74 Å². The van der Waals surface area contributed by atoms with Crippen LogP contribution in [0.15, 0.2) is 59.5 Å². The normalized spacial score (nSPS) is 10.6. The highest BCUT2D eigenvalue weighted by molar-refractivity contribution is 5.77. The van der Waals surface area contributed by atoms with Crippen LogP contribution in [0.4, 0.5) is 0 Å². The van der Waals surface area contributed by atoms with E-state index in [1.807, 2.05) is 48.5 Å². The van der Waals surface area contributed by atoms with Crippen LogP contribution in [0.3, 0.4) is 0 Å². The summed E-state index contributed by atoms with van der Waals surface area (Å²) >= 11 is 0. The molecule has 0 saturated carbocycles. The Bertz CT molecular complexity index is 776. The summed E-state index contributed by atoms with van der Waals surface area (Å²) < 4.78 is 6.63. The van der Waals surface area contributed by atoms with E-state index in [-0.39, 0.29) is 5.69 Å². The van der Waals surface area contributed by atoms with Crippen molar-refractivity contribution in [1.82, 2.24) is 9.55 Å². The van der Waals surface area contributed by atoms with E-state index in [0.29, 0.717) is 5.52 Å². The monoisotopic (exact) mass is 252 g/mol. The molecular formula is C15H12N2O2. The summed E-state index contributed by atoms with van der Waals surface area (Å²) in [6.45, 7) is 0. The third-order valence-electron chi connectivity index (χ3n) is 2.98. The van der Waals surface area contributed by atoms with Gasteiger partial charge >= 0.3 is 5.69 Å².